The number of H-pyrrole nitrogens is 1. The maximum atomic E-state index is 13.2. The molecule has 2 aromatic carbocycles. The third-order valence-corrected chi connectivity index (χ3v) is 5.16. The second kappa shape index (κ2) is 8.32. The molecule has 0 bridgehead atoms. The number of hydrogen-bond acceptors (Lipinski definition) is 4. The average molecular weight is 401 g/mol. The Labute approximate surface area is 174 Å². The molecule has 0 saturated carbocycles. The first kappa shape index (κ1) is 19.6. The Hall–Kier alpha value is -3.74. The van der Waals surface area contributed by atoms with Gasteiger partial charge in [-0.25, -0.2) is 4.98 Å². The van der Waals surface area contributed by atoms with Crippen molar-refractivity contribution in [1.82, 2.24) is 19.6 Å². The fourth-order valence-electron chi connectivity index (χ4n) is 3.29. The molecule has 0 fully saturated rings. The van der Waals surface area contributed by atoms with Crippen LogP contribution in [-0.4, -0.2) is 25.5 Å². The molecule has 4 aromatic rings. The minimum Gasteiger partial charge on any atom is -0.277 e. The highest BCUT2D eigenvalue weighted by Gasteiger charge is 2.21. The molecule has 0 aliphatic carbocycles. The van der Waals surface area contributed by atoms with Crippen molar-refractivity contribution in [2.24, 2.45) is 0 Å². The SMILES string of the molecule is Cc1nc2nc(N(Cc3ccccc3)C(=O)CCc3ccccc3)[nH]n2c(=O)c1C. The summed E-state index contributed by atoms with van der Waals surface area (Å²) in [5, 5.41) is 2.97. The van der Waals surface area contributed by atoms with E-state index in [-0.39, 0.29) is 17.2 Å². The van der Waals surface area contributed by atoms with Crippen LogP contribution in [0.5, 0.6) is 0 Å². The Bertz CT molecular complexity index is 1230. The van der Waals surface area contributed by atoms with E-state index in [1.54, 1.807) is 18.7 Å². The van der Waals surface area contributed by atoms with Crippen molar-refractivity contribution in [2.75, 3.05) is 4.90 Å². The van der Waals surface area contributed by atoms with E-state index in [0.717, 1.165) is 11.1 Å². The predicted octanol–water partition coefficient (Wildman–Crippen LogP) is 3.20. The van der Waals surface area contributed by atoms with Gasteiger partial charge in [-0.05, 0) is 31.4 Å². The number of aromatic amines is 1. The van der Waals surface area contributed by atoms with Crippen LogP contribution in [0.2, 0.25) is 0 Å². The number of nitrogens with one attached hydrogen (secondary N) is 1. The van der Waals surface area contributed by atoms with Gasteiger partial charge in [0.1, 0.15) is 0 Å². The summed E-state index contributed by atoms with van der Waals surface area (Å²) < 4.78 is 1.29. The molecule has 0 unspecified atom stereocenters. The minimum absolute atomic E-state index is 0.0803. The van der Waals surface area contributed by atoms with Crippen LogP contribution in [0, 0.1) is 13.8 Å². The molecule has 1 amide bonds. The molecule has 0 atom stereocenters. The van der Waals surface area contributed by atoms with Crippen LogP contribution < -0.4 is 10.5 Å². The monoisotopic (exact) mass is 401 g/mol. The summed E-state index contributed by atoms with van der Waals surface area (Å²) in [6.07, 6.45) is 0.954. The van der Waals surface area contributed by atoms with Gasteiger partial charge in [-0.15, -0.1) is 0 Å². The van der Waals surface area contributed by atoms with E-state index in [1.807, 2.05) is 60.7 Å². The number of carbonyl (C=O) groups is 1. The molecular weight excluding hydrogens is 378 g/mol. The maximum Gasteiger partial charge on any atom is 0.277 e. The first-order valence-electron chi connectivity index (χ1n) is 9.87. The summed E-state index contributed by atoms with van der Waals surface area (Å²) in [4.78, 5) is 36.2. The summed E-state index contributed by atoms with van der Waals surface area (Å²) in [6.45, 7) is 3.85. The van der Waals surface area contributed by atoms with Crippen molar-refractivity contribution in [1.29, 1.82) is 0 Å². The van der Waals surface area contributed by atoms with Gasteiger partial charge in [-0.3, -0.25) is 19.6 Å². The Morgan fingerprint density at radius 2 is 1.60 bits per heavy atom. The summed E-state index contributed by atoms with van der Waals surface area (Å²) in [6, 6.07) is 19.6. The number of aryl methyl sites for hydroxylation is 2. The van der Waals surface area contributed by atoms with E-state index < -0.39 is 0 Å². The zero-order valence-corrected chi connectivity index (χ0v) is 17.0. The summed E-state index contributed by atoms with van der Waals surface area (Å²) >= 11 is 0. The summed E-state index contributed by atoms with van der Waals surface area (Å²) in [5.74, 6) is 0.488. The van der Waals surface area contributed by atoms with Gasteiger partial charge >= 0.3 is 0 Å². The Kier molecular flexibility index (Phi) is 5.43. The van der Waals surface area contributed by atoms with Crippen LogP contribution in [0.25, 0.3) is 5.78 Å². The highest BCUT2D eigenvalue weighted by molar-refractivity contribution is 5.91. The molecule has 0 radical (unpaired) electrons. The Morgan fingerprint density at radius 1 is 0.967 bits per heavy atom. The van der Waals surface area contributed by atoms with Crippen LogP contribution in [0.1, 0.15) is 28.8 Å². The zero-order valence-electron chi connectivity index (χ0n) is 17.0. The Morgan fingerprint density at radius 3 is 2.27 bits per heavy atom. The third-order valence-electron chi connectivity index (χ3n) is 5.16. The van der Waals surface area contributed by atoms with Gasteiger partial charge < -0.3 is 0 Å². The van der Waals surface area contributed by atoms with Crippen molar-refractivity contribution in [3.05, 3.63) is 93.4 Å². The van der Waals surface area contributed by atoms with Crippen LogP contribution in [0.15, 0.2) is 65.5 Å². The Balaban J connectivity index is 1.68. The van der Waals surface area contributed by atoms with Crippen molar-refractivity contribution in [3.63, 3.8) is 0 Å². The van der Waals surface area contributed by atoms with Gasteiger partial charge in [-0.2, -0.15) is 9.50 Å². The second-order valence-electron chi connectivity index (χ2n) is 7.26. The number of carbonyl (C=O) groups excluding carboxylic acids is 1. The molecule has 2 heterocycles. The van der Waals surface area contributed by atoms with Crippen molar-refractivity contribution in [2.45, 2.75) is 33.2 Å². The number of amides is 1. The van der Waals surface area contributed by atoms with E-state index in [2.05, 4.69) is 15.1 Å². The molecule has 1 N–H and O–H groups in total. The van der Waals surface area contributed by atoms with Crippen LogP contribution >= 0.6 is 0 Å². The van der Waals surface area contributed by atoms with Crippen LogP contribution in [0.3, 0.4) is 0 Å². The van der Waals surface area contributed by atoms with E-state index in [0.29, 0.717) is 36.6 Å². The average Bonchev–Trinajstić information content (AvgIpc) is 3.19. The molecule has 0 saturated heterocycles. The fourth-order valence-corrected chi connectivity index (χ4v) is 3.29. The lowest BCUT2D eigenvalue weighted by Gasteiger charge is -2.20. The number of rotatable bonds is 6. The van der Waals surface area contributed by atoms with Gasteiger partial charge in [0, 0.05) is 17.7 Å². The lowest BCUT2D eigenvalue weighted by Crippen LogP contribution is -2.32. The first-order valence-corrected chi connectivity index (χ1v) is 9.87. The molecule has 152 valence electrons. The van der Waals surface area contributed by atoms with Gasteiger partial charge in [0.15, 0.2) is 0 Å². The molecule has 2 aromatic heterocycles. The predicted molar refractivity (Wildman–Crippen MR) is 115 cm³/mol. The third kappa shape index (κ3) is 4.00. The second-order valence-corrected chi connectivity index (χ2v) is 7.26. The van der Waals surface area contributed by atoms with E-state index in [4.69, 9.17) is 0 Å². The van der Waals surface area contributed by atoms with Crippen LogP contribution in [0.4, 0.5) is 5.95 Å². The molecule has 7 nitrogen and oxygen atoms in total. The quantitative estimate of drug-likeness (QED) is 0.538. The minimum atomic E-state index is -0.215. The number of benzene rings is 2. The number of aromatic nitrogens is 4. The largest absolute Gasteiger partial charge is 0.277 e. The van der Waals surface area contributed by atoms with Crippen molar-refractivity contribution in [3.8, 4) is 0 Å². The molecule has 7 heteroatoms. The van der Waals surface area contributed by atoms with E-state index >= 15 is 0 Å². The van der Waals surface area contributed by atoms with Gasteiger partial charge in [0.05, 0.1) is 6.54 Å². The molecule has 30 heavy (non-hydrogen) atoms. The molecular formula is C23H23N5O2. The summed E-state index contributed by atoms with van der Waals surface area (Å²) in [7, 11) is 0. The lowest BCUT2D eigenvalue weighted by atomic mass is 10.1. The first-order chi connectivity index (χ1) is 14.5. The molecule has 0 aliphatic rings. The standard InChI is InChI=1S/C23H23N5O2/c1-16-17(2)24-22-25-23(26-28(22)21(16)30)27(15-19-11-7-4-8-12-19)20(29)14-13-18-9-5-3-6-10-18/h3-12H,13-15H2,1-2H3,(H,24,25,26). The number of hydrogen-bond donors (Lipinski definition) is 1. The fraction of sp³-hybridized carbons (Fsp3) is 0.217. The van der Waals surface area contributed by atoms with Gasteiger partial charge in [-0.1, -0.05) is 60.7 Å². The number of anilines is 1. The molecule has 4 rings (SSSR count). The van der Waals surface area contributed by atoms with Crippen molar-refractivity contribution >= 4 is 17.6 Å². The van der Waals surface area contributed by atoms with E-state index in [9.17, 15) is 9.59 Å². The molecule has 0 spiro atoms. The van der Waals surface area contributed by atoms with Crippen molar-refractivity contribution < 1.29 is 4.79 Å². The van der Waals surface area contributed by atoms with Crippen LogP contribution in [-0.2, 0) is 17.8 Å². The summed E-state index contributed by atoms with van der Waals surface area (Å²) in [5.41, 5.74) is 3.03. The lowest BCUT2D eigenvalue weighted by molar-refractivity contribution is -0.118. The zero-order chi connectivity index (χ0) is 21.1. The normalized spacial score (nSPS) is 11.0. The highest BCUT2D eigenvalue weighted by atomic mass is 16.2. The molecule has 0 aliphatic heterocycles. The number of fused-ring (bicyclic) bond motifs is 1. The number of nitrogens with zero attached hydrogens (tertiary/aromatic N) is 4. The highest BCUT2D eigenvalue weighted by Crippen LogP contribution is 2.16. The smallest absolute Gasteiger partial charge is 0.277 e. The topological polar surface area (TPSA) is 83.4 Å². The van der Waals surface area contributed by atoms with Gasteiger partial charge in [0.2, 0.25) is 11.9 Å². The van der Waals surface area contributed by atoms with Gasteiger partial charge in [0.25, 0.3) is 11.3 Å². The maximum absolute atomic E-state index is 13.2. The van der Waals surface area contributed by atoms with E-state index in [1.165, 1.54) is 4.52 Å².